The maximum absolute atomic E-state index is 14.4. The Labute approximate surface area is 144 Å². The van der Waals surface area contributed by atoms with Crippen LogP contribution >= 0.6 is 0 Å². The van der Waals surface area contributed by atoms with Crippen molar-refractivity contribution in [2.24, 2.45) is 0 Å². The summed E-state index contributed by atoms with van der Waals surface area (Å²) in [6.07, 6.45) is 0. The average Bonchev–Trinajstić information content (AvgIpc) is 2.63. The standard InChI is InChI=1S/C19H9F5O2/c20-11-8-4-7-10(15(11)21)13-14(19(25)26)12(9-5-2-1-3-6-9)16(22)18(24)17(13)23/h1-8H,(H,25,26). The van der Waals surface area contributed by atoms with Crippen LogP contribution in [0, 0.1) is 29.1 Å². The fourth-order valence-corrected chi connectivity index (χ4v) is 2.70. The number of hydrogen-bond donors (Lipinski definition) is 1. The first kappa shape index (κ1) is 17.6. The van der Waals surface area contributed by atoms with Crippen LogP contribution in [0.25, 0.3) is 22.3 Å². The van der Waals surface area contributed by atoms with Crippen molar-refractivity contribution in [3.05, 3.63) is 83.2 Å². The van der Waals surface area contributed by atoms with E-state index in [9.17, 15) is 31.9 Å². The SMILES string of the molecule is O=C(O)c1c(-c2ccccc2)c(F)c(F)c(F)c1-c1cccc(F)c1F. The number of halogens is 5. The van der Waals surface area contributed by atoms with Gasteiger partial charge in [-0.1, -0.05) is 42.5 Å². The van der Waals surface area contributed by atoms with Crippen LogP contribution in [0.1, 0.15) is 10.4 Å². The maximum atomic E-state index is 14.4. The van der Waals surface area contributed by atoms with Crippen molar-refractivity contribution in [1.82, 2.24) is 0 Å². The predicted octanol–water partition coefficient (Wildman–Crippen LogP) is 5.41. The Morgan fingerprint density at radius 1 is 0.692 bits per heavy atom. The van der Waals surface area contributed by atoms with Gasteiger partial charge < -0.3 is 5.11 Å². The molecule has 0 fully saturated rings. The second-order valence-electron chi connectivity index (χ2n) is 5.34. The molecule has 7 heteroatoms. The summed E-state index contributed by atoms with van der Waals surface area (Å²) in [5, 5.41) is 9.50. The molecule has 0 saturated heterocycles. The van der Waals surface area contributed by atoms with Gasteiger partial charge in [0.05, 0.1) is 5.56 Å². The number of carbonyl (C=O) groups is 1. The normalized spacial score (nSPS) is 10.8. The Morgan fingerprint density at radius 2 is 1.31 bits per heavy atom. The van der Waals surface area contributed by atoms with Crippen molar-refractivity contribution < 1.29 is 31.9 Å². The van der Waals surface area contributed by atoms with Gasteiger partial charge in [0.2, 0.25) is 0 Å². The van der Waals surface area contributed by atoms with Crippen molar-refractivity contribution in [3.8, 4) is 22.3 Å². The van der Waals surface area contributed by atoms with Crippen LogP contribution in [-0.4, -0.2) is 11.1 Å². The summed E-state index contributed by atoms with van der Waals surface area (Å²) in [6.45, 7) is 0. The Balaban J connectivity index is 2.51. The highest BCUT2D eigenvalue weighted by molar-refractivity contribution is 6.03. The molecule has 0 unspecified atom stereocenters. The van der Waals surface area contributed by atoms with Crippen molar-refractivity contribution in [3.63, 3.8) is 0 Å². The zero-order valence-electron chi connectivity index (χ0n) is 12.9. The Kier molecular flexibility index (Phi) is 4.46. The van der Waals surface area contributed by atoms with Gasteiger partial charge in [-0.25, -0.2) is 26.7 Å². The minimum Gasteiger partial charge on any atom is -0.478 e. The van der Waals surface area contributed by atoms with Gasteiger partial charge >= 0.3 is 5.97 Å². The van der Waals surface area contributed by atoms with Gasteiger partial charge in [-0.05, 0) is 11.6 Å². The second kappa shape index (κ2) is 6.59. The largest absolute Gasteiger partial charge is 0.478 e. The van der Waals surface area contributed by atoms with Gasteiger partial charge in [-0.3, -0.25) is 0 Å². The van der Waals surface area contributed by atoms with E-state index < -0.39 is 57.3 Å². The lowest BCUT2D eigenvalue weighted by atomic mass is 9.90. The molecule has 3 aromatic carbocycles. The predicted molar refractivity (Wildman–Crippen MR) is 84.1 cm³/mol. The molecule has 0 aliphatic carbocycles. The van der Waals surface area contributed by atoms with Crippen molar-refractivity contribution >= 4 is 5.97 Å². The van der Waals surface area contributed by atoms with Gasteiger partial charge in [0.15, 0.2) is 29.1 Å². The molecule has 0 aliphatic heterocycles. The van der Waals surface area contributed by atoms with Crippen LogP contribution in [0.2, 0.25) is 0 Å². The minimum absolute atomic E-state index is 0.0561. The smallest absolute Gasteiger partial charge is 0.337 e. The van der Waals surface area contributed by atoms with Gasteiger partial charge in [-0.2, -0.15) is 0 Å². The zero-order chi connectivity index (χ0) is 19.0. The van der Waals surface area contributed by atoms with Gasteiger partial charge in [0, 0.05) is 16.7 Å². The molecule has 3 aromatic rings. The molecular weight excluding hydrogens is 355 g/mol. The average molecular weight is 364 g/mol. The molecule has 26 heavy (non-hydrogen) atoms. The molecule has 0 bridgehead atoms. The molecule has 3 rings (SSSR count). The third-order valence-electron chi connectivity index (χ3n) is 3.82. The van der Waals surface area contributed by atoms with Crippen LogP contribution < -0.4 is 0 Å². The van der Waals surface area contributed by atoms with E-state index in [4.69, 9.17) is 0 Å². The first-order chi connectivity index (χ1) is 12.3. The molecule has 0 amide bonds. The summed E-state index contributed by atoms with van der Waals surface area (Å²) >= 11 is 0. The lowest BCUT2D eigenvalue weighted by Crippen LogP contribution is -2.11. The van der Waals surface area contributed by atoms with Crippen molar-refractivity contribution in [2.45, 2.75) is 0 Å². The van der Waals surface area contributed by atoms with E-state index in [-0.39, 0.29) is 5.56 Å². The van der Waals surface area contributed by atoms with Crippen LogP contribution in [0.5, 0.6) is 0 Å². The van der Waals surface area contributed by atoms with Crippen molar-refractivity contribution in [1.29, 1.82) is 0 Å². The van der Waals surface area contributed by atoms with E-state index >= 15 is 0 Å². The molecule has 0 spiro atoms. The highest BCUT2D eigenvalue weighted by Gasteiger charge is 2.31. The van der Waals surface area contributed by atoms with E-state index in [0.29, 0.717) is 0 Å². The highest BCUT2D eigenvalue weighted by atomic mass is 19.2. The van der Waals surface area contributed by atoms with Gasteiger partial charge in [0.1, 0.15) is 0 Å². The number of hydrogen-bond acceptors (Lipinski definition) is 1. The summed E-state index contributed by atoms with van der Waals surface area (Å²) in [6, 6.07) is 9.61. The molecule has 0 atom stereocenters. The molecule has 0 heterocycles. The van der Waals surface area contributed by atoms with Crippen LogP contribution in [0.15, 0.2) is 48.5 Å². The topological polar surface area (TPSA) is 37.3 Å². The Hall–Kier alpha value is -3.22. The Morgan fingerprint density at radius 3 is 1.92 bits per heavy atom. The molecule has 0 aromatic heterocycles. The minimum atomic E-state index is -1.98. The molecule has 0 aliphatic rings. The summed E-state index contributed by atoms with van der Waals surface area (Å²) in [7, 11) is 0. The number of rotatable bonds is 3. The molecule has 0 radical (unpaired) electrons. The van der Waals surface area contributed by atoms with E-state index in [0.717, 1.165) is 18.2 Å². The number of aromatic carboxylic acids is 1. The molecule has 2 nitrogen and oxygen atoms in total. The fraction of sp³-hybridized carbons (Fsp3) is 0. The second-order valence-corrected chi connectivity index (χ2v) is 5.34. The Bertz CT molecular complexity index is 1020. The monoisotopic (exact) mass is 364 g/mol. The van der Waals surface area contributed by atoms with Gasteiger partial charge in [0.25, 0.3) is 0 Å². The van der Waals surface area contributed by atoms with Crippen LogP contribution in [-0.2, 0) is 0 Å². The third kappa shape index (κ3) is 2.71. The number of benzene rings is 3. The summed E-state index contributed by atoms with van der Waals surface area (Å²) in [5.41, 5.74) is -3.70. The maximum Gasteiger partial charge on any atom is 0.337 e. The zero-order valence-corrected chi connectivity index (χ0v) is 12.9. The first-order valence-electron chi connectivity index (χ1n) is 7.28. The fourth-order valence-electron chi connectivity index (χ4n) is 2.70. The molecular formula is C19H9F5O2. The first-order valence-corrected chi connectivity index (χ1v) is 7.28. The molecule has 0 saturated carbocycles. The van der Waals surface area contributed by atoms with Crippen molar-refractivity contribution in [2.75, 3.05) is 0 Å². The lowest BCUT2D eigenvalue weighted by molar-refractivity contribution is 0.0697. The number of carboxylic acids is 1. The summed E-state index contributed by atoms with van der Waals surface area (Å²) in [4.78, 5) is 11.7. The molecule has 1 N–H and O–H groups in total. The molecule has 132 valence electrons. The van der Waals surface area contributed by atoms with E-state index in [1.165, 1.54) is 24.3 Å². The summed E-state index contributed by atoms with van der Waals surface area (Å²) in [5.74, 6) is -10.4. The quantitative estimate of drug-likeness (QED) is 0.498. The number of carboxylic acid groups (broad SMARTS) is 1. The van der Waals surface area contributed by atoms with Crippen LogP contribution in [0.4, 0.5) is 22.0 Å². The van der Waals surface area contributed by atoms with E-state index in [1.807, 2.05) is 0 Å². The van der Waals surface area contributed by atoms with E-state index in [2.05, 4.69) is 0 Å². The summed E-state index contributed by atoms with van der Waals surface area (Å²) < 4.78 is 70.6. The lowest BCUT2D eigenvalue weighted by Gasteiger charge is -2.16. The van der Waals surface area contributed by atoms with Gasteiger partial charge in [-0.15, -0.1) is 0 Å². The third-order valence-corrected chi connectivity index (χ3v) is 3.82. The van der Waals surface area contributed by atoms with Crippen LogP contribution in [0.3, 0.4) is 0 Å². The highest BCUT2D eigenvalue weighted by Crippen LogP contribution is 2.39. The van der Waals surface area contributed by atoms with E-state index in [1.54, 1.807) is 6.07 Å².